The number of hydrogen-bond acceptors (Lipinski definition) is 3. The fraction of sp³-hybridized carbons (Fsp3) is 0. The quantitative estimate of drug-likeness (QED) is 0.452. The van der Waals surface area contributed by atoms with E-state index in [0.717, 1.165) is 0 Å². The van der Waals surface area contributed by atoms with Crippen molar-refractivity contribution in [2.24, 2.45) is 0 Å². The van der Waals surface area contributed by atoms with Crippen LogP contribution in [0.15, 0.2) is 0 Å². The van der Waals surface area contributed by atoms with Crippen molar-refractivity contribution >= 4 is 0 Å². The summed E-state index contributed by atoms with van der Waals surface area (Å²) in [5.41, 5.74) is 0. The monoisotopic (exact) mass is 140 g/mol. The number of hydrogen-bond donors (Lipinski definition) is 0. The SMILES string of the molecule is [OH-].[OH-].[OH-].[Y+3]. The summed E-state index contributed by atoms with van der Waals surface area (Å²) in [6.07, 6.45) is 0. The minimum atomic E-state index is 0. The van der Waals surface area contributed by atoms with Crippen LogP contribution in [0.25, 0.3) is 0 Å². The molecule has 0 amide bonds. The van der Waals surface area contributed by atoms with Gasteiger partial charge in [-0.3, -0.25) is 0 Å². The molecule has 0 fully saturated rings. The van der Waals surface area contributed by atoms with Crippen molar-refractivity contribution in [2.45, 2.75) is 0 Å². The zero-order chi connectivity index (χ0) is 0. The molecule has 0 aliphatic carbocycles. The average Bonchev–Trinajstić information content (AvgIpc) is 0. The van der Waals surface area contributed by atoms with Gasteiger partial charge in [-0.25, -0.2) is 0 Å². The Kier molecular flexibility index (Phi) is 749. The Morgan fingerprint density at radius 3 is 0.500 bits per heavy atom. The van der Waals surface area contributed by atoms with Gasteiger partial charge in [0.2, 0.25) is 0 Å². The maximum absolute atomic E-state index is 0. The van der Waals surface area contributed by atoms with Crippen LogP contribution >= 0.6 is 0 Å². The Morgan fingerprint density at radius 1 is 0.500 bits per heavy atom. The van der Waals surface area contributed by atoms with Gasteiger partial charge < -0.3 is 16.4 Å². The molecule has 0 aromatic carbocycles. The van der Waals surface area contributed by atoms with Crippen LogP contribution in [0.3, 0.4) is 0 Å². The molecular formula is H3O3Y. The van der Waals surface area contributed by atoms with Crippen molar-refractivity contribution in [2.75, 3.05) is 0 Å². The van der Waals surface area contributed by atoms with Gasteiger partial charge in [0.15, 0.2) is 0 Å². The van der Waals surface area contributed by atoms with E-state index < -0.39 is 0 Å². The molecule has 0 spiro atoms. The molecule has 4 heavy (non-hydrogen) atoms. The summed E-state index contributed by atoms with van der Waals surface area (Å²) in [6.45, 7) is 0. The predicted octanol–water partition coefficient (Wildman–Crippen LogP) is -0.533. The second-order valence-corrected chi connectivity index (χ2v) is 0. The second kappa shape index (κ2) is 36.6. The zero-order valence-corrected chi connectivity index (χ0v) is 4.76. The molecule has 24 valence electrons. The molecule has 0 aliphatic heterocycles. The molecule has 0 heterocycles. The van der Waals surface area contributed by atoms with Crippen molar-refractivity contribution in [3.8, 4) is 0 Å². The topological polar surface area (TPSA) is 90.0 Å². The van der Waals surface area contributed by atoms with Gasteiger partial charge in [0, 0.05) is 0 Å². The van der Waals surface area contributed by atoms with Crippen LogP contribution in [0.4, 0.5) is 0 Å². The van der Waals surface area contributed by atoms with Gasteiger partial charge >= 0.3 is 32.7 Å². The largest absolute Gasteiger partial charge is 3.00 e. The van der Waals surface area contributed by atoms with Gasteiger partial charge in [-0.1, -0.05) is 0 Å². The van der Waals surface area contributed by atoms with E-state index in [4.69, 9.17) is 0 Å². The van der Waals surface area contributed by atoms with E-state index in [-0.39, 0.29) is 49.1 Å². The van der Waals surface area contributed by atoms with Crippen LogP contribution in [0.2, 0.25) is 0 Å². The van der Waals surface area contributed by atoms with E-state index >= 15 is 0 Å². The summed E-state index contributed by atoms with van der Waals surface area (Å²) in [4.78, 5) is 0. The first kappa shape index (κ1) is 81.7. The van der Waals surface area contributed by atoms with Gasteiger partial charge in [0.05, 0.1) is 0 Å². The molecule has 0 saturated heterocycles. The van der Waals surface area contributed by atoms with Crippen LogP contribution in [-0.4, -0.2) is 16.4 Å². The first-order valence-electron chi connectivity index (χ1n) is 0. The van der Waals surface area contributed by atoms with Crippen molar-refractivity contribution < 1.29 is 49.1 Å². The molecule has 0 bridgehead atoms. The van der Waals surface area contributed by atoms with Gasteiger partial charge in [0.25, 0.3) is 0 Å². The molecule has 0 atom stereocenters. The van der Waals surface area contributed by atoms with E-state index in [9.17, 15) is 0 Å². The standard InChI is InChI=1S/3H2O.Y/h3*1H2;/q;;;+3/p-3. The zero-order valence-electron chi connectivity index (χ0n) is 1.92. The van der Waals surface area contributed by atoms with Crippen LogP contribution in [0, 0.1) is 0 Å². The van der Waals surface area contributed by atoms with Gasteiger partial charge in [0.1, 0.15) is 0 Å². The van der Waals surface area contributed by atoms with E-state index in [1.54, 1.807) is 0 Å². The minimum Gasteiger partial charge on any atom is -0.870 e. The molecule has 0 rings (SSSR count). The van der Waals surface area contributed by atoms with Crippen LogP contribution in [0.1, 0.15) is 0 Å². The number of rotatable bonds is 0. The molecule has 0 unspecified atom stereocenters. The third-order valence-electron chi connectivity index (χ3n) is 0. The molecule has 0 aliphatic rings. The molecule has 0 saturated carbocycles. The molecule has 3 nitrogen and oxygen atoms in total. The summed E-state index contributed by atoms with van der Waals surface area (Å²) >= 11 is 0. The van der Waals surface area contributed by atoms with Crippen LogP contribution in [0.5, 0.6) is 0 Å². The van der Waals surface area contributed by atoms with Crippen molar-refractivity contribution in [3.05, 3.63) is 0 Å². The Morgan fingerprint density at radius 2 is 0.500 bits per heavy atom. The predicted molar refractivity (Wildman–Crippen MR) is 5.81 cm³/mol. The van der Waals surface area contributed by atoms with E-state index in [0.29, 0.717) is 0 Å². The summed E-state index contributed by atoms with van der Waals surface area (Å²) in [5, 5.41) is 0. The van der Waals surface area contributed by atoms with Gasteiger partial charge in [-0.2, -0.15) is 0 Å². The summed E-state index contributed by atoms with van der Waals surface area (Å²) in [5.74, 6) is 0. The molecule has 0 aromatic rings. The minimum absolute atomic E-state index is 0. The average molecular weight is 140 g/mol. The van der Waals surface area contributed by atoms with E-state index in [2.05, 4.69) is 0 Å². The van der Waals surface area contributed by atoms with Crippen molar-refractivity contribution in [3.63, 3.8) is 0 Å². The molecular weight excluding hydrogens is 137 g/mol. The van der Waals surface area contributed by atoms with E-state index in [1.807, 2.05) is 0 Å². The smallest absolute Gasteiger partial charge is 0.870 e. The molecule has 0 aromatic heterocycles. The third kappa shape index (κ3) is 12.1. The van der Waals surface area contributed by atoms with Gasteiger partial charge in [-0.15, -0.1) is 0 Å². The summed E-state index contributed by atoms with van der Waals surface area (Å²) in [6, 6.07) is 0. The van der Waals surface area contributed by atoms with Crippen LogP contribution in [-0.2, 0) is 32.7 Å². The van der Waals surface area contributed by atoms with Crippen LogP contribution < -0.4 is 0 Å². The molecule has 3 N–H and O–H groups in total. The first-order valence-corrected chi connectivity index (χ1v) is 0. The molecule has 0 radical (unpaired) electrons. The van der Waals surface area contributed by atoms with Crippen molar-refractivity contribution in [1.82, 2.24) is 0 Å². The Balaban J connectivity index is 0. The summed E-state index contributed by atoms with van der Waals surface area (Å²) < 4.78 is 0. The third-order valence-corrected chi connectivity index (χ3v) is 0. The maximum Gasteiger partial charge on any atom is 3.00 e. The van der Waals surface area contributed by atoms with Gasteiger partial charge in [-0.05, 0) is 0 Å². The Bertz CT molecular complexity index is 3.25. The normalized spacial score (nSPS) is 0. The maximum atomic E-state index is 0. The Labute approximate surface area is 49.2 Å². The Hall–Kier alpha value is 0.984. The first-order chi connectivity index (χ1) is 0. The fourth-order valence-corrected chi connectivity index (χ4v) is 0. The fourth-order valence-electron chi connectivity index (χ4n) is 0. The summed E-state index contributed by atoms with van der Waals surface area (Å²) in [7, 11) is 0. The second-order valence-electron chi connectivity index (χ2n) is 0. The van der Waals surface area contributed by atoms with Crippen molar-refractivity contribution in [1.29, 1.82) is 0 Å². The molecule has 4 heteroatoms. The van der Waals surface area contributed by atoms with E-state index in [1.165, 1.54) is 0 Å².